The Morgan fingerprint density at radius 1 is 0.968 bits per heavy atom. The second kappa shape index (κ2) is 16.3. The summed E-state index contributed by atoms with van der Waals surface area (Å²) in [7, 11) is 0. The molecule has 0 rings (SSSR count). The maximum absolute atomic E-state index is 12.4. The molecule has 0 aromatic heterocycles. The Morgan fingerprint density at radius 3 is 2.19 bits per heavy atom. The number of carbonyl (C=O) groups is 5. The van der Waals surface area contributed by atoms with E-state index in [2.05, 4.69) is 16.0 Å². The molecule has 4 amide bonds. The van der Waals surface area contributed by atoms with E-state index in [4.69, 9.17) is 17.2 Å². The van der Waals surface area contributed by atoms with Crippen molar-refractivity contribution in [2.75, 3.05) is 25.1 Å². The maximum Gasteiger partial charge on any atom is 0.326 e. The second-order valence-corrected chi connectivity index (χ2v) is 7.90. The lowest BCUT2D eigenvalue weighted by molar-refractivity contribution is -0.142. The molecule has 0 aliphatic heterocycles. The second-order valence-electron chi connectivity index (χ2n) is 6.91. The van der Waals surface area contributed by atoms with E-state index < -0.39 is 54.3 Å². The minimum absolute atomic E-state index is 0.0688. The first kappa shape index (κ1) is 28.6. The Bertz CT molecular complexity index is 620. The lowest BCUT2D eigenvalue weighted by Crippen LogP contribution is -2.53. The fourth-order valence-corrected chi connectivity index (χ4v) is 2.99. The lowest BCUT2D eigenvalue weighted by atomic mass is 10.1. The van der Waals surface area contributed by atoms with Gasteiger partial charge in [-0.25, -0.2) is 4.79 Å². The molecule has 178 valence electrons. The van der Waals surface area contributed by atoms with Gasteiger partial charge in [0.25, 0.3) is 0 Å². The molecule has 0 aromatic rings. The highest BCUT2D eigenvalue weighted by Gasteiger charge is 2.25. The van der Waals surface area contributed by atoms with Crippen LogP contribution in [0.4, 0.5) is 0 Å². The quantitative estimate of drug-likeness (QED) is 0.115. The van der Waals surface area contributed by atoms with Gasteiger partial charge in [-0.15, -0.1) is 0 Å². The van der Waals surface area contributed by atoms with Crippen molar-refractivity contribution in [1.29, 1.82) is 0 Å². The van der Waals surface area contributed by atoms with E-state index >= 15 is 0 Å². The number of carboxylic acid groups (broad SMARTS) is 1. The van der Waals surface area contributed by atoms with E-state index in [0.717, 1.165) is 0 Å². The number of hydrogen-bond acceptors (Lipinski definition) is 8. The number of thioether (sulfide) groups is 1. The van der Waals surface area contributed by atoms with E-state index in [9.17, 15) is 29.1 Å². The third-order valence-electron chi connectivity index (χ3n) is 4.29. The standard InChI is InChI=1S/C18H34N6O6S/c1-31-9-7-11(20)16(27)24-12(5-6-14(21)25)17(28)22-10-15(26)23-13(18(29)30)4-2-3-8-19/h11-13H,2-10,19-20H2,1H3,(H2,21,25)(H,22,28)(H,23,26)(H,24,27)(H,29,30). The van der Waals surface area contributed by atoms with E-state index in [1.165, 1.54) is 11.8 Å². The van der Waals surface area contributed by atoms with E-state index in [1.54, 1.807) is 0 Å². The number of carbonyl (C=O) groups excluding carboxylic acids is 4. The van der Waals surface area contributed by atoms with Crippen LogP contribution in [0, 0.1) is 0 Å². The number of unbranched alkanes of at least 4 members (excludes halogenated alkanes) is 1. The van der Waals surface area contributed by atoms with Gasteiger partial charge in [-0.2, -0.15) is 11.8 Å². The van der Waals surface area contributed by atoms with E-state index in [-0.39, 0.29) is 19.3 Å². The highest BCUT2D eigenvalue weighted by atomic mass is 32.2. The number of primary amides is 1. The van der Waals surface area contributed by atoms with Crippen LogP contribution in [0.25, 0.3) is 0 Å². The van der Waals surface area contributed by atoms with Crippen molar-refractivity contribution in [2.24, 2.45) is 17.2 Å². The highest BCUT2D eigenvalue weighted by molar-refractivity contribution is 7.98. The third kappa shape index (κ3) is 13.5. The number of nitrogens with one attached hydrogen (secondary N) is 3. The van der Waals surface area contributed by atoms with Crippen LogP contribution in [-0.2, 0) is 24.0 Å². The van der Waals surface area contributed by atoms with Crippen molar-refractivity contribution in [3.63, 3.8) is 0 Å². The Morgan fingerprint density at radius 2 is 1.65 bits per heavy atom. The minimum Gasteiger partial charge on any atom is -0.480 e. The lowest BCUT2D eigenvalue weighted by Gasteiger charge is -2.20. The van der Waals surface area contributed by atoms with Crippen molar-refractivity contribution in [1.82, 2.24) is 16.0 Å². The fourth-order valence-electron chi connectivity index (χ4n) is 2.50. The molecule has 0 bridgehead atoms. The number of nitrogens with two attached hydrogens (primary N) is 3. The fraction of sp³-hybridized carbons (Fsp3) is 0.722. The number of carboxylic acids is 1. The van der Waals surface area contributed by atoms with Gasteiger partial charge >= 0.3 is 5.97 Å². The predicted octanol–water partition coefficient (Wildman–Crippen LogP) is -2.37. The first-order chi connectivity index (χ1) is 14.6. The molecule has 0 radical (unpaired) electrons. The molecular weight excluding hydrogens is 428 g/mol. The van der Waals surface area contributed by atoms with Crippen LogP contribution in [-0.4, -0.2) is 77.9 Å². The van der Waals surface area contributed by atoms with Crippen LogP contribution in [0.2, 0.25) is 0 Å². The normalized spacial score (nSPS) is 13.5. The summed E-state index contributed by atoms with van der Waals surface area (Å²) in [6.07, 6.45) is 3.39. The Hall–Kier alpha value is -2.38. The predicted molar refractivity (Wildman–Crippen MR) is 117 cm³/mol. The van der Waals surface area contributed by atoms with Gasteiger partial charge in [-0.05, 0) is 50.7 Å². The van der Waals surface area contributed by atoms with Gasteiger partial charge < -0.3 is 38.3 Å². The molecule has 0 saturated heterocycles. The van der Waals surface area contributed by atoms with Crippen LogP contribution in [0.1, 0.15) is 38.5 Å². The topological polar surface area (TPSA) is 220 Å². The SMILES string of the molecule is CSCCC(N)C(=O)NC(CCC(N)=O)C(=O)NCC(=O)NC(CCCCN)C(=O)O. The monoisotopic (exact) mass is 462 g/mol. The van der Waals surface area contributed by atoms with E-state index in [1.807, 2.05) is 6.26 Å². The first-order valence-corrected chi connectivity index (χ1v) is 11.3. The average molecular weight is 463 g/mol. The zero-order valence-electron chi connectivity index (χ0n) is 17.7. The molecule has 0 fully saturated rings. The van der Waals surface area contributed by atoms with Crippen molar-refractivity contribution >= 4 is 41.4 Å². The summed E-state index contributed by atoms with van der Waals surface area (Å²) < 4.78 is 0. The zero-order chi connectivity index (χ0) is 23.8. The molecule has 0 aliphatic rings. The molecule has 0 aliphatic carbocycles. The van der Waals surface area contributed by atoms with E-state index in [0.29, 0.717) is 31.6 Å². The van der Waals surface area contributed by atoms with Crippen LogP contribution in [0.15, 0.2) is 0 Å². The number of hydrogen-bond donors (Lipinski definition) is 7. The summed E-state index contributed by atoms with van der Waals surface area (Å²) in [5, 5.41) is 16.3. The molecule has 3 unspecified atom stereocenters. The molecule has 0 saturated carbocycles. The highest BCUT2D eigenvalue weighted by Crippen LogP contribution is 2.03. The molecular formula is C18H34N6O6S. The molecule has 0 heterocycles. The smallest absolute Gasteiger partial charge is 0.326 e. The van der Waals surface area contributed by atoms with Crippen LogP contribution in [0.5, 0.6) is 0 Å². The number of amides is 4. The molecule has 0 aromatic carbocycles. The molecule has 10 N–H and O–H groups in total. The van der Waals surface area contributed by atoms with Gasteiger partial charge in [0, 0.05) is 6.42 Å². The summed E-state index contributed by atoms with van der Waals surface area (Å²) in [5.74, 6) is -3.17. The van der Waals surface area contributed by atoms with Gasteiger partial charge in [0.2, 0.25) is 23.6 Å². The van der Waals surface area contributed by atoms with Crippen LogP contribution < -0.4 is 33.2 Å². The summed E-state index contributed by atoms with van der Waals surface area (Å²) in [6, 6.07) is -3.05. The van der Waals surface area contributed by atoms with Crippen molar-refractivity contribution in [3.05, 3.63) is 0 Å². The molecule has 0 spiro atoms. The average Bonchev–Trinajstić information content (AvgIpc) is 2.71. The number of aliphatic carboxylic acids is 1. The van der Waals surface area contributed by atoms with Gasteiger partial charge in [0.15, 0.2) is 0 Å². The molecule has 3 atom stereocenters. The Labute approximate surface area is 185 Å². The summed E-state index contributed by atoms with van der Waals surface area (Å²) in [6.45, 7) is -0.0866. The minimum atomic E-state index is -1.19. The van der Waals surface area contributed by atoms with Gasteiger partial charge in [0.1, 0.15) is 12.1 Å². The Kier molecular flexibility index (Phi) is 15.1. The van der Waals surface area contributed by atoms with Gasteiger partial charge in [-0.1, -0.05) is 0 Å². The van der Waals surface area contributed by atoms with Crippen LogP contribution in [0.3, 0.4) is 0 Å². The van der Waals surface area contributed by atoms with Gasteiger partial charge in [-0.3, -0.25) is 19.2 Å². The summed E-state index contributed by atoms with van der Waals surface area (Å²) in [5.41, 5.74) is 16.3. The Balaban J connectivity index is 4.81. The third-order valence-corrected chi connectivity index (χ3v) is 4.93. The molecule has 13 heteroatoms. The van der Waals surface area contributed by atoms with Crippen molar-refractivity contribution in [2.45, 2.75) is 56.7 Å². The van der Waals surface area contributed by atoms with Crippen LogP contribution >= 0.6 is 11.8 Å². The number of rotatable bonds is 17. The maximum atomic E-state index is 12.4. The van der Waals surface area contributed by atoms with Crippen molar-refractivity contribution < 1.29 is 29.1 Å². The van der Waals surface area contributed by atoms with Crippen molar-refractivity contribution in [3.8, 4) is 0 Å². The molecule has 31 heavy (non-hydrogen) atoms. The molecule has 12 nitrogen and oxygen atoms in total. The zero-order valence-corrected chi connectivity index (χ0v) is 18.5. The summed E-state index contributed by atoms with van der Waals surface area (Å²) in [4.78, 5) is 59.0. The largest absolute Gasteiger partial charge is 0.480 e. The first-order valence-electron chi connectivity index (χ1n) is 9.95. The van der Waals surface area contributed by atoms with Gasteiger partial charge in [0.05, 0.1) is 12.6 Å². The summed E-state index contributed by atoms with van der Waals surface area (Å²) >= 11 is 1.52.